The molecule has 11 heteroatoms. The molecule has 10 nitrogen and oxygen atoms in total. The molecule has 0 aromatic heterocycles. The maximum atomic E-state index is 11.9. The molecular formula is C11H16BiNO9. The summed E-state index contributed by atoms with van der Waals surface area (Å²) in [5.41, 5.74) is 0. The number of ether oxygens (including phenoxy) is 1. The predicted molar refractivity (Wildman–Crippen MR) is 63.5 cm³/mol. The van der Waals surface area contributed by atoms with Crippen molar-refractivity contribution in [2.24, 2.45) is 0 Å². The third kappa shape index (κ3) is 4.79. The van der Waals surface area contributed by atoms with Crippen LogP contribution in [0.4, 0.5) is 0 Å². The van der Waals surface area contributed by atoms with Crippen LogP contribution in [0.2, 0.25) is 0 Å². The van der Waals surface area contributed by atoms with Crippen LogP contribution in [0.3, 0.4) is 0 Å². The first kappa shape index (κ1) is 21.6. The monoisotopic (exact) mass is 515 g/mol. The Morgan fingerprint density at radius 3 is 2.41 bits per heavy atom. The van der Waals surface area contributed by atoms with Gasteiger partial charge in [-0.15, -0.1) is 12.2 Å². The SMILES string of the molecule is CC(=O)N[C@@H]1[C@@H](O)C[C@@](O)(C(=O)[O-])O[C@H]1C([O-])C([O-])CO.[Bi+3]. The first-order valence-electron chi connectivity index (χ1n) is 6.11. The third-order valence-electron chi connectivity index (χ3n) is 3.14. The topological polar surface area (TPSA) is 185 Å². The average molecular weight is 515 g/mol. The summed E-state index contributed by atoms with van der Waals surface area (Å²) in [4.78, 5) is 21.9. The predicted octanol–water partition coefficient (Wildman–Crippen LogP) is -6.85. The van der Waals surface area contributed by atoms with Crippen molar-refractivity contribution in [1.29, 1.82) is 0 Å². The molecule has 2 radical (unpaired) electrons. The second-order valence-electron chi connectivity index (χ2n) is 4.84. The van der Waals surface area contributed by atoms with Gasteiger partial charge in [0, 0.05) is 20.0 Å². The molecule has 0 spiro atoms. The molecule has 0 aromatic carbocycles. The van der Waals surface area contributed by atoms with E-state index in [1.807, 2.05) is 0 Å². The third-order valence-corrected chi connectivity index (χ3v) is 3.14. The summed E-state index contributed by atoms with van der Waals surface area (Å²) in [6, 6.07) is -1.40. The molecule has 1 rings (SSSR count). The van der Waals surface area contributed by atoms with Crippen LogP contribution in [0.5, 0.6) is 0 Å². The summed E-state index contributed by atoms with van der Waals surface area (Å²) in [5.74, 6) is -5.71. The molecule has 1 saturated heterocycles. The van der Waals surface area contributed by atoms with Crippen LogP contribution in [0.25, 0.3) is 0 Å². The van der Waals surface area contributed by atoms with Crippen LogP contribution in [0, 0.1) is 0 Å². The maximum Gasteiger partial charge on any atom is 3.00 e. The van der Waals surface area contributed by atoms with Crippen molar-refractivity contribution < 1.29 is 45.0 Å². The van der Waals surface area contributed by atoms with Crippen LogP contribution in [-0.4, -0.2) is 96.3 Å². The van der Waals surface area contributed by atoms with Gasteiger partial charge >= 0.3 is 26.2 Å². The van der Waals surface area contributed by atoms with Gasteiger partial charge in [0.25, 0.3) is 0 Å². The van der Waals surface area contributed by atoms with Gasteiger partial charge in [-0.25, -0.2) is 0 Å². The first-order chi connectivity index (χ1) is 9.62. The number of amides is 1. The molecule has 1 aliphatic heterocycles. The largest absolute Gasteiger partial charge is 3.00 e. The minimum absolute atomic E-state index is 0. The van der Waals surface area contributed by atoms with Crippen molar-refractivity contribution >= 4 is 38.1 Å². The van der Waals surface area contributed by atoms with E-state index in [1.165, 1.54) is 0 Å². The molecule has 0 saturated carbocycles. The molecule has 22 heavy (non-hydrogen) atoms. The van der Waals surface area contributed by atoms with Crippen molar-refractivity contribution in [2.45, 2.75) is 49.6 Å². The van der Waals surface area contributed by atoms with E-state index < -0.39 is 61.1 Å². The number of hydrogen-bond acceptors (Lipinski definition) is 9. The zero-order valence-corrected chi connectivity index (χ0v) is 15.0. The summed E-state index contributed by atoms with van der Waals surface area (Å²) in [6.07, 6.45) is -8.69. The van der Waals surface area contributed by atoms with Crippen molar-refractivity contribution in [3.8, 4) is 0 Å². The van der Waals surface area contributed by atoms with Gasteiger partial charge < -0.3 is 45.5 Å². The molecule has 0 bridgehead atoms. The first-order valence-corrected chi connectivity index (χ1v) is 6.11. The number of aliphatic carboxylic acids is 1. The Morgan fingerprint density at radius 2 is 2.00 bits per heavy atom. The summed E-state index contributed by atoms with van der Waals surface area (Å²) < 4.78 is 4.70. The molecule has 2 unspecified atom stereocenters. The summed E-state index contributed by atoms with van der Waals surface area (Å²) in [5, 5.41) is 64.4. The van der Waals surface area contributed by atoms with Crippen LogP contribution < -0.4 is 20.6 Å². The second-order valence-corrected chi connectivity index (χ2v) is 4.84. The number of carboxylic acid groups (broad SMARTS) is 1. The molecule has 0 aliphatic carbocycles. The van der Waals surface area contributed by atoms with Crippen molar-refractivity contribution in [2.75, 3.05) is 6.61 Å². The molecule has 1 amide bonds. The fourth-order valence-corrected chi connectivity index (χ4v) is 2.11. The summed E-state index contributed by atoms with van der Waals surface area (Å²) in [7, 11) is 0. The zero-order valence-electron chi connectivity index (χ0n) is 11.5. The van der Waals surface area contributed by atoms with Crippen molar-refractivity contribution in [3.05, 3.63) is 0 Å². The van der Waals surface area contributed by atoms with Gasteiger partial charge in [-0.1, -0.05) is 0 Å². The van der Waals surface area contributed by atoms with Crippen LogP contribution in [0.1, 0.15) is 13.3 Å². The minimum atomic E-state index is -2.96. The fraction of sp³-hybridized carbons (Fsp3) is 0.818. The second kappa shape index (κ2) is 8.44. The summed E-state index contributed by atoms with van der Waals surface area (Å²) in [6.45, 7) is 0.0184. The Morgan fingerprint density at radius 1 is 1.45 bits per heavy atom. The molecule has 0 aromatic rings. The zero-order chi connectivity index (χ0) is 16.4. The van der Waals surface area contributed by atoms with Crippen LogP contribution in [0.15, 0.2) is 0 Å². The van der Waals surface area contributed by atoms with E-state index in [1.54, 1.807) is 0 Å². The fourth-order valence-electron chi connectivity index (χ4n) is 2.11. The maximum absolute atomic E-state index is 11.9. The Bertz CT molecular complexity index is 409. The van der Waals surface area contributed by atoms with Gasteiger partial charge in [0.2, 0.25) is 11.7 Å². The quantitative estimate of drug-likeness (QED) is 0.258. The normalized spacial score (nSPS) is 34.2. The van der Waals surface area contributed by atoms with Gasteiger partial charge in [-0.2, -0.15) is 0 Å². The van der Waals surface area contributed by atoms with E-state index in [4.69, 9.17) is 9.84 Å². The van der Waals surface area contributed by atoms with E-state index in [0.29, 0.717) is 0 Å². The number of hydrogen-bond donors (Lipinski definition) is 4. The van der Waals surface area contributed by atoms with Crippen molar-refractivity contribution in [3.63, 3.8) is 0 Å². The number of carboxylic acids is 1. The van der Waals surface area contributed by atoms with E-state index >= 15 is 0 Å². The number of carbonyl (C=O) groups excluding carboxylic acids is 2. The Hall–Kier alpha value is -0.417. The van der Waals surface area contributed by atoms with E-state index in [2.05, 4.69) is 5.32 Å². The number of rotatable bonds is 5. The smallest absolute Gasteiger partial charge is 0.851 e. The summed E-state index contributed by atoms with van der Waals surface area (Å²) >= 11 is 0. The molecular weight excluding hydrogens is 499 g/mol. The molecule has 1 aliphatic rings. The van der Waals surface area contributed by atoms with E-state index in [9.17, 15) is 35.1 Å². The van der Waals surface area contributed by atoms with E-state index in [0.717, 1.165) is 6.92 Å². The van der Waals surface area contributed by atoms with Crippen LogP contribution >= 0.6 is 0 Å². The average Bonchev–Trinajstić information content (AvgIpc) is 2.39. The van der Waals surface area contributed by atoms with Crippen LogP contribution in [-0.2, 0) is 14.3 Å². The number of aliphatic hydroxyl groups excluding tert-OH is 2. The van der Waals surface area contributed by atoms with E-state index in [-0.39, 0.29) is 26.2 Å². The van der Waals surface area contributed by atoms with Gasteiger partial charge in [0.1, 0.15) is 5.97 Å². The molecule has 1 heterocycles. The standard InChI is InChI=1S/C11H17NO9.Bi/c1-4(14)12-7-5(15)2-11(20,10(18)19)21-9(7)8(17)6(16)3-13;/h5-9,13,15,20H,2-3H2,1H3,(H,12,14)(H,18,19);/q-2;+3/p-1/t5-,6?,7+,8?,9+,11-;/m0./s1. The van der Waals surface area contributed by atoms with Gasteiger partial charge in [-0.05, 0) is 0 Å². The van der Waals surface area contributed by atoms with Gasteiger partial charge in [0.05, 0.1) is 18.2 Å². The molecule has 124 valence electrons. The molecule has 1 fully saturated rings. The molecule has 4 N–H and O–H groups in total. The Kier molecular flexibility index (Phi) is 8.28. The molecule has 6 atom stereocenters. The van der Waals surface area contributed by atoms with Gasteiger partial charge in [-0.3, -0.25) is 4.79 Å². The number of carbonyl (C=O) groups is 2. The van der Waals surface area contributed by atoms with Gasteiger partial charge in [0.15, 0.2) is 0 Å². The number of aliphatic hydroxyl groups is 3. The number of nitrogens with one attached hydrogen (secondary N) is 1. The van der Waals surface area contributed by atoms with Crippen molar-refractivity contribution in [1.82, 2.24) is 5.32 Å². The Labute approximate surface area is 144 Å². The minimum Gasteiger partial charge on any atom is -0.851 e. The Balaban J connectivity index is 0.00000441.